The van der Waals surface area contributed by atoms with Gasteiger partial charge in [-0.3, -0.25) is 9.59 Å². The van der Waals surface area contributed by atoms with E-state index in [1.165, 1.54) is 11.1 Å². The Hall–Kier alpha value is -1.88. The van der Waals surface area contributed by atoms with E-state index in [2.05, 4.69) is 36.2 Å². The fraction of sp³-hybridized carbons (Fsp3) is 0.636. The smallest absolute Gasteiger partial charge is 0.223 e. The molecule has 3 aliphatic rings. The van der Waals surface area contributed by atoms with Gasteiger partial charge in [-0.05, 0) is 48.8 Å². The van der Waals surface area contributed by atoms with E-state index in [0.29, 0.717) is 18.2 Å². The molecule has 0 bridgehead atoms. The molecule has 2 fully saturated rings. The Balaban J connectivity index is 1.49. The predicted octanol–water partition coefficient (Wildman–Crippen LogP) is 2.22. The Kier molecular flexibility index (Phi) is 4.97. The molecule has 2 aliphatic heterocycles. The molecule has 0 saturated carbocycles. The zero-order chi connectivity index (χ0) is 19.0. The molecular weight excluding hydrogens is 338 g/mol. The first-order chi connectivity index (χ1) is 13.0. The predicted molar refractivity (Wildman–Crippen MR) is 106 cm³/mol. The van der Waals surface area contributed by atoms with E-state index in [1.54, 1.807) is 6.92 Å². The second kappa shape index (κ2) is 7.27. The molecule has 1 aromatic carbocycles. The molecule has 1 spiro atoms. The molecule has 27 heavy (non-hydrogen) atoms. The number of carbonyl (C=O) groups is 2. The molecule has 0 aromatic heterocycles. The lowest BCUT2D eigenvalue weighted by atomic mass is 9.73. The molecule has 0 unspecified atom stereocenters. The highest BCUT2D eigenvalue weighted by Gasteiger charge is 2.46. The van der Waals surface area contributed by atoms with Gasteiger partial charge in [0.15, 0.2) is 0 Å². The molecule has 0 N–H and O–H groups in total. The van der Waals surface area contributed by atoms with Crippen LogP contribution in [-0.2, 0) is 15.0 Å². The van der Waals surface area contributed by atoms with E-state index in [9.17, 15) is 9.59 Å². The lowest BCUT2D eigenvalue weighted by molar-refractivity contribution is -0.133. The number of piperazine rings is 1. The maximum absolute atomic E-state index is 12.9. The average molecular weight is 370 g/mol. The molecule has 2 heterocycles. The lowest BCUT2D eigenvalue weighted by Crippen LogP contribution is -2.47. The van der Waals surface area contributed by atoms with Crippen molar-refractivity contribution in [3.63, 3.8) is 0 Å². The van der Waals surface area contributed by atoms with E-state index < -0.39 is 0 Å². The summed E-state index contributed by atoms with van der Waals surface area (Å²) >= 11 is 0. The zero-order valence-corrected chi connectivity index (χ0v) is 16.6. The quantitative estimate of drug-likeness (QED) is 0.803. The van der Waals surface area contributed by atoms with Gasteiger partial charge in [-0.2, -0.15) is 0 Å². The maximum Gasteiger partial charge on any atom is 0.223 e. The van der Waals surface area contributed by atoms with Crippen molar-refractivity contribution < 1.29 is 9.59 Å². The molecule has 5 heteroatoms. The highest BCUT2D eigenvalue weighted by molar-refractivity contribution is 5.78. The number of carbonyl (C=O) groups excluding carboxylic acids is 2. The average Bonchev–Trinajstić information content (AvgIpc) is 2.96. The van der Waals surface area contributed by atoms with Crippen molar-refractivity contribution in [1.82, 2.24) is 14.7 Å². The van der Waals surface area contributed by atoms with Crippen LogP contribution in [-0.4, -0.2) is 72.8 Å². The molecule has 146 valence electrons. The van der Waals surface area contributed by atoms with E-state index in [-0.39, 0.29) is 11.3 Å². The van der Waals surface area contributed by atoms with Crippen LogP contribution in [0.3, 0.4) is 0 Å². The van der Waals surface area contributed by atoms with Crippen molar-refractivity contribution in [2.45, 2.75) is 43.9 Å². The Labute approximate surface area is 162 Å². The first kappa shape index (κ1) is 18.5. The second-order valence-electron chi connectivity index (χ2n) is 8.66. The minimum absolute atomic E-state index is 0.148. The summed E-state index contributed by atoms with van der Waals surface area (Å²) in [5, 5.41) is 0. The second-order valence-corrected chi connectivity index (χ2v) is 8.66. The Morgan fingerprint density at radius 2 is 1.67 bits per heavy atom. The largest absolute Gasteiger partial charge is 0.343 e. The summed E-state index contributed by atoms with van der Waals surface area (Å²) in [5.74, 6) is 0.802. The van der Waals surface area contributed by atoms with E-state index in [0.717, 1.165) is 58.5 Å². The number of nitrogens with zero attached hydrogens (tertiary/aromatic N) is 3. The highest BCUT2D eigenvalue weighted by atomic mass is 16.2. The number of amides is 2. The van der Waals surface area contributed by atoms with Gasteiger partial charge in [0, 0.05) is 52.6 Å². The normalized spacial score (nSPS) is 24.9. The molecule has 5 nitrogen and oxygen atoms in total. The van der Waals surface area contributed by atoms with Crippen molar-refractivity contribution in [3.05, 3.63) is 35.4 Å². The third kappa shape index (κ3) is 3.49. The first-order valence-corrected chi connectivity index (χ1v) is 10.3. The summed E-state index contributed by atoms with van der Waals surface area (Å²) in [6.07, 6.45) is 3.71. The summed E-state index contributed by atoms with van der Waals surface area (Å²) in [6.45, 7) is 6.98. The summed E-state index contributed by atoms with van der Waals surface area (Å²) in [7, 11) is 2.12. The SMILES string of the molecule is CC(=O)N1CCC2(CC1)C[C@@H](CC(=O)N1CCN(C)CC1)c1ccccc12. The van der Waals surface area contributed by atoms with Gasteiger partial charge in [0.1, 0.15) is 0 Å². The number of fused-ring (bicyclic) bond motifs is 2. The van der Waals surface area contributed by atoms with E-state index in [1.807, 2.05) is 9.80 Å². The standard InChI is InChI=1S/C22H31N3O2/c1-17(26)24-9-7-22(8-10-24)16-18(19-5-3-4-6-20(19)22)15-21(27)25-13-11-23(2)12-14-25/h3-6,18H,7-16H2,1-2H3/t18-/m1/s1. The third-order valence-corrected chi connectivity index (χ3v) is 7.05. The van der Waals surface area contributed by atoms with Gasteiger partial charge in [-0.15, -0.1) is 0 Å². The number of likely N-dealkylation sites (tertiary alicyclic amines) is 1. The van der Waals surface area contributed by atoms with Crippen molar-refractivity contribution in [2.75, 3.05) is 46.3 Å². The van der Waals surface area contributed by atoms with Crippen LogP contribution in [0.4, 0.5) is 0 Å². The van der Waals surface area contributed by atoms with Crippen LogP contribution in [0, 0.1) is 0 Å². The number of hydrogen-bond donors (Lipinski definition) is 0. The van der Waals surface area contributed by atoms with E-state index >= 15 is 0 Å². The van der Waals surface area contributed by atoms with Crippen molar-refractivity contribution in [3.8, 4) is 0 Å². The molecule has 2 saturated heterocycles. The molecule has 1 aliphatic carbocycles. The first-order valence-electron chi connectivity index (χ1n) is 10.3. The maximum atomic E-state index is 12.9. The topological polar surface area (TPSA) is 43.9 Å². The summed E-state index contributed by atoms with van der Waals surface area (Å²) in [4.78, 5) is 31.0. The fourth-order valence-corrected chi connectivity index (χ4v) is 5.33. The van der Waals surface area contributed by atoms with Gasteiger partial charge >= 0.3 is 0 Å². The monoisotopic (exact) mass is 369 g/mol. The van der Waals surface area contributed by atoms with Gasteiger partial charge in [0.2, 0.25) is 11.8 Å². The molecular formula is C22H31N3O2. The van der Waals surface area contributed by atoms with Crippen molar-refractivity contribution in [2.24, 2.45) is 0 Å². The number of benzene rings is 1. The van der Waals surface area contributed by atoms with Crippen LogP contribution in [0.25, 0.3) is 0 Å². The third-order valence-electron chi connectivity index (χ3n) is 7.05. The van der Waals surface area contributed by atoms with Crippen molar-refractivity contribution in [1.29, 1.82) is 0 Å². The number of likely N-dealkylation sites (N-methyl/N-ethyl adjacent to an activating group) is 1. The van der Waals surface area contributed by atoms with Crippen LogP contribution >= 0.6 is 0 Å². The van der Waals surface area contributed by atoms with Gasteiger partial charge in [-0.25, -0.2) is 0 Å². The van der Waals surface area contributed by atoms with Crippen LogP contribution in [0.15, 0.2) is 24.3 Å². The van der Waals surface area contributed by atoms with E-state index in [4.69, 9.17) is 0 Å². The van der Waals surface area contributed by atoms with Crippen LogP contribution in [0.2, 0.25) is 0 Å². The lowest BCUT2D eigenvalue weighted by Gasteiger charge is -2.40. The Morgan fingerprint density at radius 1 is 1.00 bits per heavy atom. The van der Waals surface area contributed by atoms with Crippen molar-refractivity contribution >= 4 is 11.8 Å². The minimum Gasteiger partial charge on any atom is -0.343 e. The minimum atomic E-state index is 0.148. The van der Waals surface area contributed by atoms with Gasteiger partial charge in [0.05, 0.1) is 0 Å². The number of rotatable bonds is 2. The summed E-state index contributed by atoms with van der Waals surface area (Å²) in [5.41, 5.74) is 2.95. The zero-order valence-electron chi connectivity index (χ0n) is 16.6. The molecule has 4 rings (SSSR count). The molecule has 0 radical (unpaired) electrons. The Bertz CT molecular complexity index is 716. The summed E-state index contributed by atoms with van der Waals surface area (Å²) in [6, 6.07) is 8.72. The number of piperidine rings is 1. The fourth-order valence-electron chi connectivity index (χ4n) is 5.33. The van der Waals surface area contributed by atoms with Gasteiger partial charge in [-0.1, -0.05) is 24.3 Å². The van der Waals surface area contributed by atoms with Crippen LogP contribution in [0.1, 0.15) is 49.7 Å². The molecule has 1 atom stereocenters. The van der Waals surface area contributed by atoms with Crippen LogP contribution < -0.4 is 0 Å². The number of hydrogen-bond acceptors (Lipinski definition) is 3. The van der Waals surface area contributed by atoms with Gasteiger partial charge < -0.3 is 14.7 Å². The molecule has 1 aromatic rings. The summed E-state index contributed by atoms with van der Waals surface area (Å²) < 4.78 is 0. The highest BCUT2D eigenvalue weighted by Crippen LogP contribution is 2.52. The van der Waals surface area contributed by atoms with Gasteiger partial charge in [0.25, 0.3) is 0 Å². The Morgan fingerprint density at radius 3 is 2.33 bits per heavy atom. The van der Waals surface area contributed by atoms with Crippen LogP contribution in [0.5, 0.6) is 0 Å². The molecule has 2 amide bonds.